The van der Waals surface area contributed by atoms with Gasteiger partial charge in [-0.15, -0.1) is 0 Å². The normalized spacial score (nSPS) is 22.8. The molecule has 106 valence electrons. The Morgan fingerprint density at radius 2 is 2.05 bits per heavy atom. The first-order valence-corrected chi connectivity index (χ1v) is 7.23. The second-order valence-corrected chi connectivity index (χ2v) is 5.27. The van der Waals surface area contributed by atoms with E-state index >= 15 is 0 Å². The fraction of sp³-hybridized carbons (Fsp3) is 0.625. The molecule has 0 aromatic heterocycles. The van der Waals surface area contributed by atoms with Crippen molar-refractivity contribution in [2.24, 2.45) is 11.7 Å². The van der Waals surface area contributed by atoms with E-state index in [9.17, 15) is 0 Å². The van der Waals surface area contributed by atoms with Crippen molar-refractivity contribution in [3.63, 3.8) is 0 Å². The topological polar surface area (TPSA) is 44.5 Å². The van der Waals surface area contributed by atoms with Crippen LogP contribution in [0.25, 0.3) is 0 Å². The molecule has 2 unspecified atom stereocenters. The van der Waals surface area contributed by atoms with Crippen LogP contribution in [0.5, 0.6) is 0 Å². The van der Waals surface area contributed by atoms with E-state index in [0.29, 0.717) is 19.1 Å². The summed E-state index contributed by atoms with van der Waals surface area (Å²) in [5, 5.41) is 0. The SMILES string of the molecule is COCCOCCC1CCCc2ccccc2C1N. The van der Waals surface area contributed by atoms with Crippen molar-refractivity contribution >= 4 is 0 Å². The Morgan fingerprint density at radius 1 is 1.21 bits per heavy atom. The number of methoxy groups -OCH3 is 1. The fourth-order valence-corrected chi connectivity index (χ4v) is 2.88. The summed E-state index contributed by atoms with van der Waals surface area (Å²) in [5.74, 6) is 0.534. The van der Waals surface area contributed by atoms with E-state index in [4.69, 9.17) is 15.2 Å². The second kappa shape index (κ2) is 7.63. The third-order valence-electron chi connectivity index (χ3n) is 4.01. The zero-order valence-electron chi connectivity index (χ0n) is 11.8. The summed E-state index contributed by atoms with van der Waals surface area (Å²) in [6.45, 7) is 2.12. The van der Waals surface area contributed by atoms with Crippen LogP contribution in [0, 0.1) is 5.92 Å². The van der Waals surface area contributed by atoms with Crippen molar-refractivity contribution < 1.29 is 9.47 Å². The Labute approximate surface area is 116 Å². The molecule has 2 rings (SSSR count). The lowest BCUT2D eigenvalue weighted by Crippen LogP contribution is -2.22. The van der Waals surface area contributed by atoms with Crippen LogP contribution in [0.2, 0.25) is 0 Å². The number of fused-ring (bicyclic) bond motifs is 1. The van der Waals surface area contributed by atoms with E-state index in [2.05, 4.69) is 24.3 Å². The molecule has 2 atom stereocenters. The van der Waals surface area contributed by atoms with Crippen molar-refractivity contribution in [3.8, 4) is 0 Å². The predicted molar refractivity (Wildman–Crippen MR) is 77.1 cm³/mol. The summed E-state index contributed by atoms with van der Waals surface area (Å²) >= 11 is 0. The van der Waals surface area contributed by atoms with Gasteiger partial charge in [-0.1, -0.05) is 24.3 Å². The maximum Gasteiger partial charge on any atom is 0.0700 e. The molecule has 0 saturated heterocycles. The van der Waals surface area contributed by atoms with Gasteiger partial charge in [-0.3, -0.25) is 0 Å². The van der Waals surface area contributed by atoms with Crippen LogP contribution in [-0.2, 0) is 15.9 Å². The quantitative estimate of drug-likeness (QED) is 0.634. The second-order valence-electron chi connectivity index (χ2n) is 5.27. The van der Waals surface area contributed by atoms with Crippen LogP contribution in [0.3, 0.4) is 0 Å². The van der Waals surface area contributed by atoms with Gasteiger partial charge in [0.05, 0.1) is 13.2 Å². The molecule has 0 saturated carbocycles. The Balaban J connectivity index is 1.88. The van der Waals surface area contributed by atoms with Crippen LogP contribution < -0.4 is 5.73 Å². The van der Waals surface area contributed by atoms with Gasteiger partial charge in [0.15, 0.2) is 0 Å². The number of hydrogen-bond donors (Lipinski definition) is 1. The molecule has 1 aliphatic carbocycles. The summed E-state index contributed by atoms with van der Waals surface area (Å²) in [6, 6.07) is 8.76. The molecular weight excluding hydrogens is 238 g/mol. The number of aryl methyl sites for hydroxylation is 1. The highest BCUT2D eigenvalue weighted by molar-refractivity contribution is 5.31. The van der Waals surface area contributed by atoms with Crippen molar-refractivity contribution in [2.75, 3.05) is 26.9 Å². The molecule has 0 radical (unpaired) electrons. The molecule has 2 N–H and O–H groups in total. The van der Waals surface area contributed by atoms with Crippen LogP contribution in [0.1, 0.15) is 36.4 Å². The lowest BCUT2D eigenvalue weighted by Gasteiger charge is -2.23. The Hall–Kier alpha value is -0.900. The standard InChI is InChI=1S/C16H25NO2/c1-18-11-12-19-10-9-14-7-4-6-13-5-2-3-8-15(13)16(14)17/h2-3,5,8,14,16H,4,6-7,9-12,17H2,1H3. The van der Waals surface area contributed by atoms with Crippen molar-refractivity contribution in [2.45, 2.75) is 31.7 Å². The summed E-state index contributed by atoms with van der Waals surface area (Å²) < 4.78 is 10.5. The highest BCUT2D eigenvalue weighted by atomic mass is 16.5. The summed E-state index contributed by atoms with van der Waals surface area (Å²) in [4.78, 5) is 0. The van der Waals surface area contributed by atoms with Gasteiger partial charge < -0.3 is 15.2 Å². The number of ether oxygens (including phenoxy) is 2. The first kappa shape index (κ1) is 14.5. The fourth-order valence-electron chi connectivity index (χ4n) is 2.88. The Morgan fingerprint density at radius 3 is 2.89 bits per heavy atom. The van der Waals surface area contributed by atoms with E-state index in [1.807, 2.05) is 0 Å². The van der Waals surface area contributed by atoms with Crippen LogP contribution in [0.15, 0.2) is 24.3 Å². The van der Waals surface area contributed by atoms with Crippen molar-refractivity contribution in [3.05, 3.63) is 35.4 Å². The monoisotopic (exact) mass is 263 g/mol. The average Bonchev–Trinajstić information content (AvgIpc) is 2.59. The third-order valence-corrected chi connectivity index (χ3v) is 4.01. The molecule has 0 heterocycles. The van der Waals surface area contributed by atoms with Gasteiger partial charge in [0.1, 0.15) is 0 Å². The van der Waals surface area contributed by atoms with Crippen molar-refractivity contribution in [1.29, 1.82) is 0 Å². The first-order chi connectivity index (χ1) is 9.33. The van der Waals surface area contributed by atoms with E-state index in [-0.39, 0.29) is 6.04 Å². The van der Waals surface area contributed by atoms with Crippen LogP contribution >= 0.6 is 0 Å². The molecule has 0 aliphatic heterocycles. The van der Waals surface area contributed by atoms with Crippen LogP contribution in [0.4, 0.5) is 0 Å². The molecule has 1 aromatic carbocycles. The van der Waals surface area contributed by atoms with Gasteiger partial charge in [0.25, 0.3) is 0 Å². The number of rotatable bonds is 6. The molecule has 0 spiro atoms. The highest BCUT2D eigenvalue weighted by Crippen LogP contribution is 2.33. The van der Waals surface area contributed by atoms with E-state index in [1.165, 1.54) is 24.0 Å². The number of benzene rings is 1. The molecule has 0 amide bonds. The van der Waals surface area contributed by atoms with E-state index in [1.54, 1.807) is 7.11 Å². The van der Waals surface area contributed by atoms with Gasteiger partial charge in [0, 0.05) is 19.8 Å². The Kier molecular flexibility index (Phi) is 5.83. The lowest BCUT2D eigenvalue weighted by atomic mass is 9.89. The maximum atomic E-state index is 6.45. The number of nitrogens with two attached hydrogens (primary N) is 1. The van der Waals surface area contributed by atoms with Crippen LogP contribution in [-0.4, -0.2) is 26.9 Å². The summed E-state index contributed by atoms with van der Waals surface area (Å²) in [5.41, 5.74) is 9.21. The van der Waals surface area contributed by atoms with Crippen molar-refractivity contribution in [1.82, 2.24) is 0 Å². The summed E-state index contributed by atoms with van der Waals surface area (Å²) in [7, 11) is 1.70. The molecule has 19 heavy (non-hydrogen) atoms. The molecule has 3 nitrogen and oxygen atoms in total. The minimum absolute atomic E-state index is 0.157. The van der Waals surface area contributed by atoms with Gasteiger partial charge in [-0.2, -0.15) is 0 Å². The largest absolute Gasteiger partial charge is 0.382 e. The number of hydrogen-bond acceptors (Lipinski definition) is 3. The smallest absolute Gasteiger partial charge is 0.0700 e. The molecule has 3 heteroatoms. The first-order valence-electron chi connectivity index (χ1n) is 7.23. The average molecular weight is 263 g/mol. The molecular formula is C16H25NO2. The zero-order valence-corrected chi connectivity index (χ0v) is 11.8. The molecule has 0 bridgehead atoms. The predicted octanol–water partition coefficient (Wildman–Crippen LogP) is 2.69. The van der Waals surface area contributed by atoms with Gasteiger partial charge in [-0.25, -0.2) is 0 Å². The van der Waals surface area contributed by atoms with E-state index in [0.717, 1.165) is 19.4 Å². The Bertz CT molecular complexity index is 381. The van der Waals surface area contributed by atoms with E-state index < -0.39 is 0 Å². The maximum absolute atomic E-state index is 6.45. The molecule has 1 aromatic rings. The highest BCUT2D eigenvalue weighted by Gasteiger charge is 2.24. The third kappa shape index (κ3) is 4.03. The van der Waals surface area contributed by atoms with Gasteiger partial charge in [0.2, 0.25) is 0 Å². The lowest BCUT2D eigenvalue weighted by molar-refractivity contribution is 0.0614. The minimum atomic E-state index is 0.157. The minimum Gasteiger partial charge on any atom is -0.382 e. The molecule has 0 fully saturated rings. The van der Waals surface area contributed by atoms with Gasteiger partial charge in [-0.05, 0) is 42.7 Å². The summed E-state index contributed by atoms with van der Waals surface area (Å²) in [6.07, 6.45) is 4.63. The zero-order chi connectivity index (χ0) is 13.5. The molecule has 1 aliphatic rings. The van der Waals surface area contributed by atoms with Gasteiger partial charge >= 0.3 is 0 Å².